The van der Waals surface area contributed by atoms with Crippen LogP contribution in [0.4, 0.5) is 0 Å². The Kier molecular flexibility index (Phi) is 4.36. The third kappa shape index (κ3) is 3.06. The van der Waals surface area contributed by atoms with E-state index in [0.29, 0.717) is 0 Å². The van der Waals surface area contributed by atoms with E-state index in [-0.39, 0.29) is 0 Å². The van der Waals surface area contributed by atoms with Crippen LogP contribution in [-0.2, 0) is 17.8 Å². The van der Waals surface area contributed by atoms with Gasteiger partial charge in [-0.3, -0.25) is 0 Å². The molecule has 0 radical (unpaired) electrons. The van der Waals surface area contributed by atoms with Crippen LogP contribution in [0.3, 0.4) is 0 Å². The van der Waals surface area contributed by atoms with Crippen LogP contribution in [0.2, 0.25) is 0 Å². The molecule has 1 fully saturated rings. The summed E-state index contributed by atoms with van der Waals surface area (Å²) in [4.78, 5) is 4.22. The molecule has 0 aromatic carbocycles. The summed E-state index contributed by atoms with van der Waals surface area (Å²) < 4.78 is 7.28. The summed E-state index contributed by atoms with van der Waals surface area (Å²) in [5.74, 6) is 0.881. The number of rotatable bonds is 7. The second-order valence-electron chi connectivity index (χ2n) is 4.50. The van der Waals surface area contributed by atoms with Crippen molar-refractivity contribution in [3.05, 3.63) is 18.2 Å². The molecule has 1 N–H and O–H groups in total. The molecular formula is C12H21N3O. The van der Waals surface area contributed by atoms with Gasteiger partial charge in [0.2, 0.25) is 0 Å². The molecule has 1 aliphatic carbocycles. The number of hydrogen-bond acceptors (Lipinski definition) is 3. The molecule has 0 saturated heterocycles. The molecule has 16 heavy (non-hydrogen) atoms. The normalized spacial score (nSPS) is 16.3. The quantitative estimate of drug-likeness (QED) is 0.711. The van der Waals surface area contributed by atoms with Crippen molar-refractivity contribution < 1.29 is 4.74 Å². The lowest BCUT2D eigenvalue weighted by Gasteiger charge is -2.26. The molecule has 1 saturated carbocycles. The minimum atomic E-state index is 0.761. The first-order valence-corrected chi connectivity index (χ1v) is 6.09. The average molecular weight is 223 g/mol. The van der Waals surface area contributed by atoms with Gasteiger partial charge < -0.3 is 14.6 Å². The van der Waals surface area contributed by atoms with Crippen LogP contribution in [0.1, 0.15) is 25.0 Å². The Morgan fingerprint density at radius 2 is 2.44 bits per heavy atom. The average Bonchev–Trinajstić information content (AvgIpc) is 2.66. The van der Waals surface area contributed by atoms with E-state index < -0.39 is 0 Å². The molecular weight excluding hydrogens is 202 g/mol. The Labute approximate surface area is 97.0 Å². The lowest BCUT2D eigenvalue weighted by atomic mass is 9.85. The first-order chi connectivity index (χ1) is 7.90. The van der Waals surface area contributed by atoms with Gasteiger partial charge in [0.15, 0.2) is 0 Å². The Hall–Kier alpha value is -0.870. The Morgan fingerprint density at radius 1 is 1.56 bits per heavy atom. The maximum Gasteiger partial charge on any atom is 0.0948 e. The standard InChI is InChI=1S/C12H21N3O/c1-16-6-5-13-7-12-8-14-10-15(12)9-11-3-2-4-11/h8,10-11,13H,2-7,9H2,1H3. The van der Waals surface area contributed by atoms with Gasteiger partial charge in [-0.05, 0) is 18.8 Å². The smallest absolute Gasteiger partial charge is 0.0948 e. The summed E-state index contributed by atoms with van der Waals surface area (Å²) in [6.07, 6.45) is 8.08. The summed E-state index contributed by atoms with van der Waals surface area (Å²) in [7, 11) is 1.72. The molecule has 90 valence electrons. The number of ether oxygens (including phenoxy) is 1. The van der Waals surface area contributed by atoms with Crippen molar-refractivity contribution in [2.24, 2.45) is 5.92 Å². The SMILES string of the molecule is COCCNCc1cncn1CC1CCC1. The zero-order valence-corrected chi connectivity index (χ0v) is 9.98. The first-order valence-electron chi connectivity index (χ1n) is 6.09. The highest BCUT2D eigenvalue weighted by Gasteiger charge is 2.18. The Morgan fingerprint density at radius 3 is 3.12 bits per heavy atom. The van der Waals surface area contributed by atoms with E-state index in [0.717, 1.165) is 32.2 Å². The van der Waals surface area contributed by atoms with Gasteiger partial charge in [-0.1, -0.05) is 6.42 Å². The second kappa shape index (κ2) is 6.01. The van der Waals surface area contributed by atoms with Crippen LogP contribution < -0.4 is 5.32 Å². The molecule has 0 unspecified atom stereocenters. The van der Waals surface area contributed by atoms with Crippen LogP contribution >= 0.6 is 0 Å². The molecule has 0 bridgehead atoms. The zero-order chi connectivity index (χ0) is 11.2. The second-order valence-corrected chi connectivity index (χ2v) is 4.50. The van der Waals surface area contributed by atoms with Gasteiger partial charge in [0.1, 0.15) is 0 Å². The summed E-state index contributed by atoms with van der Waals surface area (Å²) in [6, 6.07) is 0. The van der Waals surface area contributed by atoms with Crippen molar-refractivity contribution in [3.8, 4) is 0 Å². The minimum absolute atomic E-state index is 0.761. The highest BCUT2D eigenvalue weighted by Crippen LogP contribution is 2.28. The number of nitrogens with one attached hydrogen (secondary N) is 1. The van der Waals surface area contributed by atoms with Crippen molar-refractivity contribution in [2.75, 3.05) is 20.3 Å². The molecule has 0 aliphatic heterocycles. The molecule has 1 aromatic rings. The fourth-order valence-electron chi connectivity index (χ4n) is 2.00. The highest BCUT2D eigenvalue weighted by atomic mass is 16.5. The van der Waals surface area contributed by atoms with Gasteiger partial charge in [-0.25, -0.2) is 4.98 Å². The number of methoxy groups -OCH3 is 1. The number of imidazole rings is 1. The van der Waals surface area contributed by atoms with Crippen molar-refractivity contribution >= 4 is 0 Å². The minimum Gasteiger partial charge on any atom is -0.383 e. The number of nitrogens with zero attached hydrogens (tertiary/aromatic N) is 2. The van der Waals surface area contributed by atoms with Crippen LogP contribution in [-0.4, -0.2) is 29.8 Å². The van der Waals surface area contributed by atoms with Crippen molar-refractivity contribution in [2.45, 2.75) is 32.4 Å². The molecule has 1 aliphatic rings. The monoisotopic (exact) mass is 223 g/mol. The third-order valence-electron chi connectivity index (χ3n) is 3.27. The van der Waals surface area contributed by atoms with Gasteiger partial charge in [-0.15, -0.1) is 0 Å². The van der Waals surface area contributed by atoms with E-state index in [9.17, 15) is 0 Å². The maximum atomic E-state index is 5.00. The molecule has 1 aromatic heterocycles. The van der Waals surface area contributed by atoms with Crippen LogP contribution in [0.25, 0.3) is 0 Å². The van der Waals surface area contributed by atoms with Gasteiger partial charge in [0.05, 0.1) is 18.6 Å². The zero-order valence-electron chi connectivity index (χ0n) is 9.98. The highest BCUT2D eigenvalue weighted by molar-refractivity contribution is 4.98. The van der Waals surface area contributed by atoms with E-state index >= 15 is 0 Å². The van der Waals surface area contributed by atoms with E-state index in [1.54, 1.807) is 7.11 Å². The van der Waals surface area contributed by atoms with E-state index in [4.69, 9.17) is 4.74 Å². The molecule has 0 spiro atoms. The Balaban J connectivity index is 1.76. The molecule has 4 nitrogen and oxygen atoms in total. The molecule has 0 atom stereocenters. The fraction of sp³-hybridized carbons (Fsp3) is 0.750. The van der Waals surface area contributed by atoms with Crippen molar-refractivity contribution in [3.63, 3.8) is 0 Å². The third-order valence-corrected chi connectivity index (χ3v) is 3.27. The van der Waals surface area contributed by atoms with E-state index in [1.807, 2.05) is 12.5 Å². The predicted octanol–water partition coefficient (Wildman–Crippen LogP) is 1.42. The van der Waals surface area contributed by atoms with Crippen molar-refractivity contribution in [1.29, 1.82) is 0 Å². The Bertz CT molecular complexity index is 307. The largest absolute Gasteiger partial charge is 0.383 e. The maximum absolute atomic E-state index is 5.00. The molecule has 4 heteroatoms. The fourth-order valence-corrected chi connectivity index (χ4v) is 2.00. The molecule has 1 heterocycles. The summed E-state index contributed by atoms with van der Waals surface area (Å²) in [6.45, 7) is 3.68. The lowest BCUT2D eigenvalue weighted by Crippen LogP contribution is -2.23. The number of hydrogen-bond donors (Lipinski definition) is 1. The lowest BCUT2D eigenvalue weighted by molar-refractivity contribution is 0.198. The van der Waals surface area contributed by atoms with Gasteiger partial charge >= 0.3 is 0 Å². The first kappa shape index (κ1) is 11.6. The molecule has 0 amide bonds. The van der Waals surface area contributed by atoms with Gasteiger partial charge in [0.25, 0.3) is 0 Å². The topological polar surface area (TPSA) is 39.1 Å². The summed E-state index contributed by atoms with van der Waals surface area (Å²) in [5.41, 5.74) is 1.28. The predicted molar refractivity (Wildman–Crippen MR) is 63.2 cm³/mol. The van der Waals surface area contributed by atoms with Crippen LogP contribution in [0.15, 0.2) is 12.5 Å². The summed E-state index contributed by atoms with van der Waals surface area (Å²) in [5, 5.41) is 3.35. The van der Waals surface area contributed by atoms with Crippen LogP contribution in [0, 0.1) is 5.92 Å². The van der Waals surface area contributed by atoms with E-state index in [1.165, 1.54) is 25.0 Å². The molecule has 2 rings (SSSR count). The summed E-state index contributed by atoms with van der Waals surface area (Å²) >= 11 is 0. The van der Waals surface area contributed by atoms with Crippen LogP contribution in [0.5, 0.6) is 0 Å². The van der Waals surface area contributed by atoms with E-state index in [2.05, 4.69) is 14.9 Å². The van der Waals surface area contributed by atoms with Crippen molar-refractivity contribution in [1.82, 2.24) is 14.9 Å². The number of aromatic nitrogens is 2. The van der Waals surface area contributed by atoms with Gasteiger partial charge in [-0.2, -0.15) is 0 Å². The van der Waals surface area contributed by atoms with Gasteiger partial charge in [0, 0.05) is 32.9 Å².